The summed E-state index contributed by atoms with van der Waals surface area (Å²) in [6.45, 7) is 5.44. The van der Waals surface area contributed by atoms with Gasteiger partial charge in [0.1, 0.15) is 4.60 Å². The molecule has 160 valence electrons. The summed E-state index contributed by atoms with van der Waals surface area (Å²) in [7, 11) is 0. The average molecular weight is 504 g/mol. The number of hydrogen-bond donors (Lipinski definition) is 3. The van der Waals surface area contributed by atoms with Crippen LogP contribution in [-0.2, 0) is 0 Å². The molecule has 0 radical (unpaired) electrons. The van der Waals surface area contributed by atoms with Gasteiger partial charge in [0.25, 0.3) is 5.91 Å². The Balaban J connectivity index is 2.04. The topological polar surface area (TPSA) is 116 Å². The Morgan fingerprint density at radius 3 is 2.74 bits per heavy atom. The van der Waals surface area contributed by atoms with Crippen LogP contribution in [-0.4, -0.2) is 31.8 Å². The van der Waals surface area contributed by atoms with Crippen molar-refractivity contribution in [3.63, 3.8) is 0 Å². The Labute approximate surface area is 193 Å². The lowest BCUT2D eigenvalue weighted by Crippen LogP contribution is -2.31. The molecule has 0 aliphatic rings. The fourth-order valence-electron chi connectivity index (χ4n) is 3.04. The number of aromatic nitrogens is 3. The number of nitrogens with one attached hydrogen (secondary N) is 2. The second kappa shape index (κ2) is 9.47. The number of anilines is 1. The zero-order chi connectivity index (χ0) is 22.7. The van der Waals surface area contributed by atoms with Gasteiger partial charge in [-0.3, -0.25) is 4.79 Å². The summed E-state index contributed by atoms with van der Waals surface area (Å²) in [4.78, 5) is 17.0. The molecule has 3 rings (SSSR count). The number of benzene rings is 1. The van der Waals surface area contributed by atoms with Gasteiger partial charge in [0, 0.05) is 12.2 Å². The molecule has 0 aliphatic heterocycles. The van der Waals surface area contributed by atoms with E-state index in [0.717, 1.165) is 0 Å². The number of rotatable bonds is 6. The predicted octanol–water partition coefficient (Wildman–Crippen LogP) is 4.10. The maximum atomic E-state index is 12.8. The summed E-state index contributed by atoms with van der Waals surface area (Å²) in [6, 6.07) is 10.1. The number of halogens is 2. The van der Waals surface area contributed by atoms with Crippen molar-refractivity contribution < 1.29 is 9.90 Å². The molecule has 3 aromatic rings. The van der Waals surface area contributed by atoms with E-state index in [1.54, 1.807) is 37.4 Å². The third-order valence-corrected chi connectivity index (χ3v) is 5.02. The molecule has 0 spiro atoms. The van der Waals surface area contributed by atoms with E-state index < -0.39 is 6.23 Å². The number of nitriles is 1. The molecule has 2 heterocycles. The average Bonchev–Trinajstić information content (AvgIpc) is 3.10. The minimum Gasteiger partial charge on any atom is -0.368 e. The van der Waals surface area contributed by atoms with E-state index in [1.165, 1.54) is 10.7 Å². The van der Waals surface area contributed by atoms with Gasteiger partial charge in [0.2, 0.25) is 0 Å². The van der Waals surface area contributed by atoms with E-state index in [-0.39, 0.29) is 17.5 Å². The lowest BCUT2D eigenvalue weighted by molar-refractivity contribution is 0.0943. The normalized spacial score (nSPS) is 11.8. The number of carbonyl (C=O) groups excluding carboxylic acids is 1. The molecule has 1 atom stereocenters. The minimum absolute atomic E-state index is 0.0972. The Kier molecular flexibility index (Phi) is 6.95. The quantitative estimate of drug-likeness (QED) is 0.436. The van der Waals surface area contributed by atoms with Crippen LogP contribution >= 0.6 is 27.5 Å². The van der Waals surface area contributed by atoms with Crippen molar-refractivity contribution in [3.8, 4) is 11.9 Å². The van der Waals surface area contributed by atoms with Gasteiger partial charge in [-0.25, -0.2) is 9.67 Å². The molecule has 3 N–H and O–H groups in total. The summed E-state index contributed by atoms with van der Waals surface area (Å²) >= 11 is 9.57. The molecule has 1 aromatic carbocycles. The summed E-state index contributed by atoms with van der Waals surface area (Å²) in [5.74, 6) is -0.00704. The van der Waals surface area contributed by atoms with E-state index in [2.05, 4.69) is 42.7 Å². The van der Waals surface area contributed by atoms with E-state index in [9.17, 15) is 15.2 Å². The van der Waals surface area contributed by atoms with Gasteiger partial charge >= 0.3 is 0 Å². The molecule has 1 unspecified atom stereocenters. The largest absolute Gasteiger partial charge is 0.368 e. The maximum absolute atomic E-state index is 12.8. The van der Waals surface area contributed by atoms with Crippen LogP contribution < -0.4 is 10.6 Å². The third-order valence-electron chi connectivity index (χ3n) is 4.34. The summed E-state index contributed by atoms with van der Waals surface area (Å²) < 4.78 is 1.89. The Bertz CT molecular complexity index is 1170. The highest BCUT2D eigenvalue weighted by molar-refractivity contribution is 9.10. The first-order valence-corrected chi connectivity index (χ1v) is 10.5. The summed E-state index contributed by atoms with van der Waals surface area (Å²) in [5.41, 5.74) is 1.99. The molecule has 0 aliphatic carbocycles. The van der Waals surface area contributed by atoms with Crippen LogP contribution in [0.1, 0.15) is 47.3 Å². The van der Waals surface area contributed by atoms with Gasteiger partial charge in [-0.05, 0) is 72.6 Å². The minimum atomic E-state index is -1.26. The molecule has 0 saturated carbocycles. The summed E-state index contributed by atoms with van der Waals surface area (Å²) in [6.07, 6.45) is 0.314. The first-order chi connectivity index (χ1) is 14.7. The molecule has 8 nitrogen and oxygen atoms in total. The molecular weight excluding hydrogens is 484 g/mol. The molecular formula is C21H20BrClN6O2. The molecule has 2 aromatic heterocycles. The molecule has 31 heavy (non-hydrogen) atoms. The summed E-state index contributed by atoms with van der Waals surface area (Å²) in [5, 5.41) is 30.8. The number of pyridine rings is 1. The highest BCUT2D eigenvalue weighted by Gasteiger charge is 2.23. The van der Waals surface area contributed by atoms with Crippen LogP contribution in [0, 0.1) is 18.3 Å². The van der Waals surface area contributed by atoms with Gasteiger partial charge < -0.3 is 15.7 Å². The predicted molar refractivity (Wildman–Crippen MR) is 121 cm³/mol. The number of aliphatic hydroxyl groups excluding tert-OH is 1. The van der Waals surface area contributed by atoms with Crippen molar-refractivity contribution in [2.45, 2.75) is 33.0 Å². The number of carbonyl (C=O) groups is 1. The monoisotopic (exact) mass is 502 g/mol. The van der Waals surface area contributed by atoms with Gasteiger partial charge in [-0.15, -0.1) is 0 Å². The van der Waals surface area contributed by atoms with Crippen molar-refractivity contribution in [1.82, 2.24) is 20.1 Å². The fourth-order valence-corrected chi connectivity index (χ4v) is 3.63. The molecule has 10 heteroatoms. The van der Waals surface area contributed by atoms with Crippen molar-refractivity contribution in [1.29, 1.82) is 5.26 Å². The standard InChI is InChI=1S/C21H20BrClN6O2/c1-11(2)26-20(30)14-8-13(10-24)7-12(3)18(14)27-21(31)16-9-17(22)28-29(16)19-15(23)5-4-6-25-19/h4-9,11,21,27,31H,1-3H3,(H,26,30). The fraction of sp³-hybridized carbons (Fsp3) is 0.238. The highest BCUT2D eigenvalue weighted by atomic mass is 79.9. The van der Waals surface area contributed by atoms with Crippen LogP contribution in [0.25, 0.3) is 5.82 Å². The third kappa shape index (κ3) is 5.05. The van der Waals surface area contributed by atoms with Gasteiger partial charge in [-0.1, -0.05) is 11.6 Å². The second-order valence-electron chi connectivity index (χ2n) is 7.12. The van der Waals surface area contributed by atoms with Gasteiger partial charge in [0.05, 0.1) is 33.6 Å². The van der Waals surface area contributed by atoms with Crippen LogP contribution in [0.4, 0.5) is 5.69 Å². The zero-order valence-electron chi connectivity index (χ0n) is 17.0. The smallest absolute Gasteiger partial charge is 0.253 e. The number of amides is 1. The first-order valence-electron chi connectivity index (χ1n) is 9.37. The number of hydrogen-bond acceptors (Lipinski definition) is 6. The number of aliphatic hydroxyl groups is 1. The Morgan fingerprint density at radius 2 is 2.10 bits per heavy atom. The highest BCUT2D eigenvalue weighted by Crippen LogP contribution is 2.29. The Hall–Kier alpha value is -2.93. The van der Waals surface area contributed by atoms with E-state index in [0.29, 0.717) is 38.0 Å². The zero-order valence-corrected chi connectivity index (χ0v) is 19.4. The van der Waals surface area contributed by atoms with Crippen molar-refractivity contribution in [2.75, 3.05) is 5.32 Å². The molecule has 0 fully saturated rings. The van der Waals surface area contributed by atoms with Gasteiger partial charge in [-0.2, -0.15) is 10.4 Å². The lowest BCUT2D eigenvalue weighted by atomic mass is 10.0. The van der Waals surface area contributed by atoms with Crippen molar-refractivity contribution >= 4 is 39.1 Å². The lowest BCUT2D eigenvalue weighted by Gasteiger charge is -2.21. The van der Waals surface area contributed by atoms with E-state index in [4.69, 9.17) is 11.6 Å². The van der Waals surface area contributed by atoms with Gasteiger partial charge in [0.15, 0.2) is 12.0 Å². The molecule has 1 amide bonds. The first kappa shape index (κ1) is 22.7. The number of aryl methyl sites for hydroxylation is 1. The van der Waals surface area contributed by atoms with Crippen LogP contribution in [0.2, 0.25) is 5.02 Å². The van der Waals surface area contributed by atoms with Crippen molar-refractivity contribution in [2.24, 2.45) is 0 Å². The van der Waals surface area contributed by atoms with E-state index >= 15 is 0 Å². The second-order valence-corrected chi connectivity index (χ2v) is 8.33. The van der Waals surface area contributed by atoms with Crippen molar-refractivity contribution in [3.05, 3.63) is 68.5 Å². The molecule has 0 saturated heterocycles. The van der Waals surface area contributed by atoms with Crippen LogP contribution in [0.3, 0.4) is 0 Å². The SMILES string of the molecule is Cc1cc(C#N)cc(C(=O)NC(C)C)c1NC(O)c1cc(Br)nn1-c1ncccc1Cl. The van der Waals surface area contributed by atoms with E-state index in [1.807, 2.05) is 13.8 Å². The van der Waals surface area contributed by atoms with Crippen LogP contribution in [0.5, 0.6) is 0 Å². The van der Waals surface area contributed by atoms with Crippen LogP contribution in [0.15, 0.2) is 41.1 Å². The Morgan fingerprint density at radius 1 is 1.35 bits per heavy atom. The maximum Gasteiger partial charge on any atom is 0.253 e. The number of nitrogens with zero attached hydrogens (tertiary/aromatic N) is 4. The molecule has 0 bridgehead atoms.